The van der Waals surface area contributed by atoms with Crippen LogP contribution >= 0.6 is 0 Å². The normalized spacial score (nSPS) is 14.4. The largest absolute Gasteiger partial charge is 0.494 e. The van der Waals surface area contributed by atoms with Crippen LogP contribution in [0.5, 0.6) is 5.75 Å². The van der Waals surface area contributed by atoms with E-state index in [0.717, 1.165) is 18.8 Å². The number of nitrogens with one attached hydrogen (secondary N) is 1. The second kappa shape index (κ2) is 8.18. The molecule has 1 aromatic carbocycles. The fraction of sp³-hybridized carbons (Fsp3) is 0.625. The van der Waals surface area contributed by atoms with Gasteiger partial charge < -0.3 is 15.2 Å². The summed E-state index contributed by atoms with van der Waals surface area (Å²) >= 11 is 0. The molecule has 19 heavy (non-hydrogen) atoms. The zero-order valence-electron chi connectivity index (χ0n) is 12.5. The average molecular weight is 265 g/mol. The molecule has 0 bridgehead atoms. The second-order valence-electron chi connectivity index (χ2n) is 5.34. The highest BCUT2D eigenvalue weighted by atomic mass is 16.5. The third-order valence-corrected chi connectivity index (χ3v) is 3.32. The Labute approximate surface area is 117 Å². The Hall–Kier alpha value is -1.06. The van der Waals surface area contributed by atoms with Crippen LogP contribution < -0.4 is 10.1 Å². The SMILES string of the molecule is CCCOc1ccc(C(C)N[C@H](CO)C(C)C)cc1. The van der Waals surface area contributed by atoms with Gasteiger partial charge in [0.2, 0.25) is 0 Å². The molecule has 0 saturated carbocycles. The van der Waals surface area contributed by atoms with Gasteiger partial charge in [0.25, 0.3) is 0 Å². The molecule has 0 fully saturated rings. The second-order valence-corrected chi connectivity index (χ2v) is 5.34. The quantitative estimate of drug-likeness (QED) is 0.758. The number of hydrogen-bond donors (Lipinski definition) is 2. The Morgan fingerprint density at radius 3 is 2.26 bits per heavy atom. The first kappa shape index (κ1) is 16.0. The van der Waals surface area contributed by atoms with E-state index in [0.29, 0.717) is 5.92 Å². The molecule has 0 spiro atoms. The van der Waals surface area contributed by atoms with E-state index in [1.54, 1.807) is 0 Å². The van der Waals surface area contributed by atoms with Gasteiger partial charge >= 0.3 is 0 Å². The number of hydrogen-bond acceptors (Lipinski definition) is 3. The lowest BCUT2D eigenvalue weighted by atomic mass is 10.0. The molecule has 0 aliphatic carbocycles. The van der Waals surface area contributed by atoms with E-state index in [1.807, 2.05) is 12.1 Å². The van der Waals surface area contributed by atoms with Crippen LogP contribution in [0.3, 0.4) is 0 Å². The maximum Gasteiger partial charge on any atom is 0.119 e. The number of aliphatic hydroxyl groups is 1. The molecule has 2 N–H and O–H groups in total. The maximum atomic E-state index is 9.35. The van der Waals surface area contributed by atoms with Crippen molar-refractivity contribution >= 4 is 0 Å². The molecule has 0 saturated heterocycles. The highest BCUT2D eigenvalue weighted by molar-refractivity contribution is 5.29. The summed E-state index contributed by atoms with van der Waals surface area (Å²) in [6, 6.07) is 8.53. The van der Waals surface area contributed by atoms with Crippen molar-refractivity contribution in [1.29, 1.82) is 0 Å². The molecule has 0 aromatic heterocycles. The lowest BCUT2D eigenvalue weighted by molar-refractivity contribution is 0.201. The van der Waals surface area contributed by atoms with Crippen molar-refractivity contribution in [3.8, 4) is 5.75 Å². The minimum atomic E-state index is 0.131. The number of rotatable bonds is 8. The predicted octanol–water partition coefficient (Wildman–Crippen LogP) is 3.14. The summed E-state index contributed by atoms with van der Waals surface area (Å²) in [5.74, 6) is 1.33. The van der Waals surface area contributed by atoms with E-state index in [9.17, 15) is 5.11 Å². The minimum Gasteiger partial charge on any atom is -0.494 e. The van der Waals surface area contributed by atoms with Crippen LogP contribution in [0.15, 0.2) is 24.3 Å². The molecule has 1 rings (SSSR count). The molecule has 1 aromatic rings. The Morgan fingerprint density at radius 2 is 1.79 bits per heavy atom. The standard InChI is InChI=1S/C16H27NO2/c1-5-10-19-15-8-6-14(7-9-15)13(4)17-16(11-18)12(2)3/h6-9,12-13,16-18H,5,10-11H2,1-4H3/t13?,16-/m1/s1. The summed E-state index contributed by atoms with van der Waals surface area (Å²) in [4.78, 5) is 0. The first-order chi connectivity index (χ1) is 9.08. The number of benzene rings is 1. The molecular weight excluding hydrogens is 238 g/mol. The third kappa shape index (κ3) is 5.21. The van der Waals surface area contributed by atoms with Crippen LogP contribution in [-0.2, 0) is 0 Å². The van der Waals surface area contributed by atoms with Gasteiger partial charge in [0.1, 0.15) is 5.75 Å². The van der Waals surface area contributed by atoms with Gasteiger partial charge in [-0.2, -0.15) is 0 Å². The van der Waals surface area contributed by atoms with Gasteiger partial charge in [0.15, 0.2) is 0 Å². The molecule has 0 heterocycles. The van der Waals surface area contributed by atoms with Gasteiger partial charge in [-0.25, -0.2) is 0 Å². The van der Waals surface area contributed by atoms with Crippen LogP contribution in [0.1, 0.15) is 45.7 Å². The van der Waals surface area contributed by atoms with Crippen LogP contribution in [0, 0.1) is 5.92 Å². The predicted molar refractivity (Wildman–Crippen MR) is 79.5 cm³/mol. The van der Waals surface area contributed by atoms with Gasteiger partial charge in [-0.05, 0) is 37.0 Å². The molecule has 108 valence electrons. The van der Waals surface area contributed by atoms with E-state index in [2.05, 4.69) is 45.1 Å². The smallest absolute Gasteiger partial charge is 0.119 e. The maximum absolute atomic E-state index is 9.35. The summed E-state index contributed by atoms with van der Waals surface area (Å²) in [5, 5.41) is 12.8. The van der Waals surface area contributed by atoms with Gasteiger partial charge in [-0.15, -0.1) is 0 Å². The van der Waals surface area contributed by atoms with Crippen molar-refractivity contribution in [2.75, 3.05) is 13.2 Å². The van der Waals surface area contributed by atoms with E-state index in [1.165, 1.54) is 5.56 Å². The fourth-order valence-electron chi connectivity index (χ4n) is 1.95. The highest BCUT2D eigenvalue weighted by Crippen LogP contribution is 2.19. The van der Waals surface area contributed by atoms with Crippen LogP contribution in [0.2, 0.25) is 0 Å². The summed E-state index contributed by atoms with van der Waals surface area (Å²) in [6.45, 7) is 9.37. The van der Waals surface area contributed by atoms with Crippen molar-refractivity contribution in [2.24, 2.45) is 5.92 Å². The molecule has 0 radical (unpaired) electrons. The summed E-state index contributed by atoms with van der Waals surface area (Å²) < 4.78 is 5.57. The lowest BCUT2D eigenvalue weighted by Crippen LogP contribution is -2.38. The fourth-order valence-corrected chi connectivity index (χ4v) is 1.95. The van der Waals surface area contributed by atoms with Gasteiger partial charge in [-0.1, -0.05) is 32.9 Å². The summed E-state index contributed by atoms with van der Waals surface area (Å²) in [7, 11) is 0. The molecule has 0 amide bonds. The summed E-state index contributed by atoms with van der Waals surface area (Å²) in [6.07, 6.45) is 1.02. The highest BCUT2D eigenvalue weighted by Gasteiger charge is 2.15. The Bertz CT molecular complexity index is 348. The average Bonchev–Trinajstić information content (AvgIpc) is 2.42. The molecule has 0 aliphatic rings. The number of aliphatic hydroxyl groups excluding tert-OH is 1. The Kier molecular flexibility index (Phi) is 6.89. The Balaban J connectivity index is 2.59. The van der Waals surface area contributed by atoms with E-state index in [4.69, 9.17) is 4.74 Å². The zero-order valence-corrected chi connectivity index (χ0v) is 12.5. The van der Waals surface area contributed by atoms with Gasteiger partial charge in [-0.3, -0.25) is 0 Å². The molecule has 3 nitrogen and oxygen atoms in total. The van der Waals surface area contributed by atoms with Crippen molar-refractivity contribution < 1.29 is 9.84 Å². The molecule has 1 unspecified atom stereocenters. The number of ether oxygens (including phenoxy) is 1. The monoisotopic (exact) mass is 265 g/mol. The van der Waals surface area contributed by atoms with Gasteiger partial charge in [0.05, 0.1) is 13.2 Å². The first-order valence-electron chi connectivity index (χ1n) is 7.18. The van der Waals surface area contributed by atoms with E-state index in [-0.39, 0.29) is 18.7 Å². The van der Waals surface area contributed by atoms with Crippen molar-refractivity contribution in [3.05, 3.63) is 29.8 Å². The van der Waals surface area contributed by atoms with Crippen LogP contribution in [-0.4, -0.2) is 24.4 Å². The van der Waals surface area contributed by atoms with Crippen LogP contribution in [0.25, 0.3) is 0 Å². The van der Waals surface area contributed by atoms with E-state index < -0.39 is 0 Å². The topological polar surface area (TPSA) is 41.5 Å². The third-order valence-electron chi connectivity index (χ3n) is 3.32. The lowest BCUT2D eigenvalue weighted by Gasteiger charge is -2.25. The first-order valence-corrected chi connectivity index (χ1v) is 7.18. The van der Waals surface area contributed by atoms with Crippen LogP contribution in [0.4, 0.5) is 0 Å². The van der Waals surface area contributed by atoms with Gasteiger partial charge in [0, 0.05) is 12.1 Å². The molecular formula is C16H27NO2. The summed E-state index contributed by atoms with van der Waals surface area (Å²) in [5.41, 5.74) is 1.21. The zero-order chi connectivity index (χ0) is 14.3. The molecule has 0 aliphatic heterocycles. The van der Waals surface area contributed by atoms with Crippen molar-refractivity contribution in [1.82, 2.24) is 5.32 Å². The van der Waals surface area contributed by atoms with E-state index >= 15 is 0 Å². The van der Waals surface area contributed by atoms with Crippen molar-refractivity contribution in [3.63, 3.8) is 0 Å². The Morgan fingerprint density at radius 1 is 1.16 bits per heavy atom. The molecule has 2 atom stereocenters. The minimum absolute atomic E-state index is 0.131. The molecule has 3 heteroatoms. The van der Waals surface area contributed by atoms with Crippen molar-refractivity contribution in [2.45, 2.75) is 46.2 Å².